The Morgan fingerprint density at radius 1 is 1.14 bits per heavy atom. The third kappa shape index (κ3) is 2.32. The fourth-order valence-electron chi connectivity index (χ4n) is 2.37. The number of benzene rings is 1. The second kappa shape index (κ2) is 5.31. The van der Waals surface area contributed by atoms with Crippen LogP contribution >= 0.6 is 0 Å². The van der Waals surface area contributed by atoms with Crippen LogP contribution in [0.2, 0.25) is 0 Å². The molecule has 21 heavy (non-hydrogen) atoms. The first-order valence-electron chi connectivity index (χ1n) is 6.59. The molecule has 2 aromatic heterocycles. The van der Waals surface area contributed by atoms with Crippen molar-refractivity contribution < 1.29 is 8.42 Å². The van der Waals surface area contributed by atoms with Gasteiger partial charge in [0.2, 0.25) is 0 Å². The van der Waals surface area contributed by atoms with Gasteiger partial charge < -0.3 is 5.73 Å². The second-order valence-electron chi connectivity index (χ2n) is 4.70. The molecule has 3 rings (SSSR count). The van der Waals surface area contributed by atoms with E-state index in [1.54, 1.807) is 55.0 Å². The van der Waals surface area contributed by atoms with Crippen LogP contribution < -0.4 is 5.73 Å². The Kier molecular flexibility index (Phi) is 3.48. The summed E-state index contributed by atoms with van der Waals surface area (Å²) in [5.74, 6) is 0. The molecule has 0 saturated carbocycles. The molecule has 108 valence electrons. The first kappa shape index (κ1) is 13.8. The number of fused-ring (bicyclic) bond motifs is 1. The van der Waals surface area contributed by atoms with E-state index in [1.165, 1.54) is 3.97 Å². The lowest BCUT2D eigenvalue weighted by molar-refractivity contribution is 0.589. The lowest BCUT2D eigenvalue weighted by atomic mass is 10.2. The molecule has 0 aliphatic heterocycles. The molecular formula is C15H15N3O2S. The average Bonchev–Trinajstić information content (AvgIpc) is 2.88. The van der Waals surface area contributed by atoms with Crippen LogP contribution in [0.1, 0.15) is 5.56 Å². The van der Waals surface area contributed by atoms with Crippen molar-refractivity contribution in [2.45, 2.75) is 11.3 Å². The van der Waals surface area contributed by atoms with Gasteiger partial charge in [-0.1, -0.05) is 18.2 Å². The van der Waals surface area contributed by atoms with E-state index in [4.69, 9.17) is 5.73 Å². The van der Waals surface area contributed by atoms with Crippen LogP contribution in [0.3, 0.4) is 0 Å². The standard InChI is InChI=1S/C15H15N3O2S/c16-8-6-12-11-18(15-7-9-17-10-14(12)15)21(19,20)13-4-2-1-3-5-13/h1-5,7,9-11H,6,8,16H2. The number of rotatable bonds is 4. The predicted octanol–water partition coefficient (Wildman–Crippen LogP) is 1.77. The number of hydrogen-bond acceptors (Lipinski definition) is 4. The molecule has 1 aromatic carbocycles. The van der Waals surface area contributed by atoms with E-state index in [9.17, 15) is 8.42 Å². The van der Waals surface area contributed by atoms with Crippen LogP contribution in [0.25, 0.3) is 10.9 Å². The van der Waals surface area contributed by atoms with Gasteiger partial charge in [-0.25, -0.2) is 12.4 Å². The average molecular weight is 301 g/mol. The summed E-state index contributed by atoms with van der Waals surface area (Å²) in [4.78, 5) is 4.34. The molecule has 0 saturated heterocycles. The van der Waals surface area contributed by atoms with E-state index in [0.717, 1.165) is 10.9 Å². The molecule has 0 atom stereocenters. The largest absolute Gasteiger partial charge is 0.330 e. The number of nitrogens with zero attached hydrogens (tertiary/aromatic N) is 2. The molecule has 2 N–H and O–H groups in total. The summed E-state index contributed by atoms with van der Waals surface area (Å²) in [6.07, 6.45) is 5.52. The molecular weight excluding hydrogens is 286 g/mol. The molecule has 0 bridgehead atoms. The summed E-state index contributed by atoms with van der Waals surface area (Å²) in [5, 5.41) is 0.822. The number of nitrogens with two attached hydrogens (primary N) is 1. The Balaban J connectivity index is 2.26. The van der Waals surface area contributed by atoms with Gasteiger partial charge in [0, 0.05) is 24.0 Å². The van der Waals surface area contributed by atoms with E-state index in [0.29, 0.717) is 18.5 Å². The van der Waals surface area contributed by atoms with Crippen molar-refractivity contribution in [1.82, 2.24) is 8.96 Å². The van der Waals surface area contributed by atoms with E-state index in [-0.39, 0.29) is 4.90 Å². The summed E-state index contributed by atoms with van der Waals surface area (Å²) in [6, 6.07) is 10.1. The highest BCUT2D eigenvalue weighted by Crippen LogP contribution is 2.25. The highest BCUT2D eigenvalue weighted by Gasteiger charge is 2.20. The van der Waals surface area contributed by atoms with Gasteiger partial charge in [0.05, 0.1) is 10.4 Å². The van der Waals surface area contributed by atoms with Gasteiger partial charge >= 0.3 is 0 Å². The van der Waals surface area contributed by atoms with E-state index in [2.05, 4.69) is 4.98 Å². The minimum Gasteiger partial charge on any atom is -0.330 e. The van der Waals surface area contributed by atoms with E-state index in [1.807, 2.05) is 0 Å². The van der Waals surface area contributed by atoms with Crippen LogP contribution in [0.4, 0.5) is 0 Å². The SMILES string of the molecule is NCCc1cn(S(=O)(=O)c2ccccc2)c2ccncc12. The summed E-state index contributed by atoms with van der Waals surface area (Å²) < 4.78 is 26.9. The van der Waals surface area contributed by atoms with Crippen LogP contribution in [-0.4, -0.2) is 23.9 Å². The van der Waals surface area contributed by atoms with Crippen LogP contribution in [0.15, 0.2) is 59.9 Å². The van der Waals surface area contributed by atoms with Crippen molar-refractivity contribution in [3.05, 3.63) is 60.6 Å². The molecule has 6 heteroatoms. The van der Waals surface area contributed by atoms with Crippen molar-refractivity contribution in [2.24, 2.45) is 5.73 Å². The quantitative estimate of drug-likeness (QED) is 0.796. The molecule has 5 nitrogen and oxygen atoms in total. The minimum atomic E-state index is -3.61. The zero-order valence-corrected chi connectivity index (χ0v) is 12.1. The molecule has 0 aliphatic rings. The van der Waals surface area contributed by atoms with Crippen molar-refractivity contribution in [3.63, 3.8) is 0 Å². The first-order valence-corrected chi connectivity index (χ1v) is 8.03. The number of hydrogen-bond donors (Lipinski definition) is 1. The maximum Gasteiger partial charge on any atom is 0.268 e. The molecule has 0 radical (unpaired) electrons. The molecule has 0 aliphatic carbocycles. The smallest absolute Gasteiger partial charge is 0.268 e. The Morgan fingerprint density at radius 2 is 1.90 bits per heavy atom. The summed E-state index contributed by atoms with van der Waals surface area (Å²) >= 11 is 0. The Hall–Kier alpha value is -2.18. The lowest BCUT2D eigenvalue weighted by Gasteiger charge is -2.06. The maximum atomic E-state index is 12.8. The van der Waals surface area contributed by atoms with Gasteiger partial charge in [0.15, 0.2) is 0 Å². The fraction of sp³-hybridized carbons (Fsp3) is 0.133. The summed E-state index contributed by atoms with van der Waals surface area (Å²) in [7, 11) is -3.61. The number of pyridine rings is 1. The van der Waals surface area contributed by atoms with Crippen molar-refractivity contribution in [2.75, 3.05) is 6.54 Å². The third-order valence-corrected chi connectivity index (χ3v) is 5.06. The minimum absolute atomic E-state index is 0.262. The van der Waals surface area contributed by atoms with Gasteiger partial charge in [0.1, 0.15) is 0 Å². The van der Waals surface area contributed by atoms with E-state index >= 15 is 0 Å². The van der Waals surface area contributed by atoms with Gasteiger partial charge in [-0.15, -0.1) is 0 Å². The maximum absolute atomic E-state index is 12.8. The Labute approximate surface area is 123 Å². The second-order valence-corrected chi connectivity index (χ2v) is 6.51. The van der Waals surface area contributed by atoms with Crippen molar-refractivity contribution in [3.8, 4) is 0 Å². The highest BCUT2D eigenvalue weighted by atomic mass is 32.2. The molecule has 0 unspecified atom stereocenters. The Bertz CT molecular complexity index is 870. The number of aromatic nitrogens is 2. The zero-order valence-electron chi connectivity index (χ0n) is 11.3. The van der Waals surface area contributed by atoms with Gasteiger partial charge in [-0.05, 0) is 36.7 Å². The van der Waals surface area contributed by atoms with Crippen molar-refractivity contribution in [1.29, 1.82) is 0 Å². The summed E-state index contributed by atoms with van der Waals surface area (Å²) in [5.41, 5.74) is 7.11. The molecule has 0 amide bonds. The Morgan fingerprint density at radius 3 is 2.62 bits per heavy atom. The van der Waals surface area contributed by atoms with E-state index < -0.39 is 10.0 Å². The highest BCUT2D eigenvalue weighted by molar-refractivity contribution is 7.90. The molecule has 2 heterocycles. The normalized spacial score (nSPS) is 11.9. The predicted molar refractivity (Wildman–Crippen MR) is 81.5 cm³/mol. The molecule has 3 aromatic rings. The molecule has 0 fully saturated rings. The topological polar surface area (TPSA) is 78.0 Å². The fourth-order valence-corrected chi connectivity index (χ4v) is 3.78. The first-order chi connectivity index (χ1) is 10.1. The summed E-state index contributed by atoms with van der Waals surface area (Å²) in [6.45, 7) is 0.458. The lowest BCUT2D eigenvalue weighted by Crippen LogP contribution is -2.11. The van der Waals surface area contributed by atoms with Gasteiger partial charge in [-0.3, -0.25) is 4.98 Å². The molecule has 0 spiro atoms. The van der Waals surface area contributed by atoms with Gasteiger partial charge in [0.25, 0.3) is 10.0 Å². The third-order valence-electron chi connectivity index (χ3n) is 3.37. The van der Waals surface area contributed by atoms with Crippen molar-refractivity contribution >= 4 is 20.9 Å². The monoisotopic (exact) mass is 301 g/mol. The van der Waals surface area contributed by atoms with Crippen LogP contribution in [-0.2, 0) is 16.4 Å². The van der Waals surface area contributed by atoms with Crippen LogP contribution in [0.5, 0.6) is 0 Å². The van der Waals surface area contributed by atoms with Crippen LogP contribution in [0, 0.1) is 0 Å². The van der Waals surface area contributed by atoms with Gasteiger partial charge in [-0.2, -0.15) is 0 Å². The zero-order chi connectivity index (χ0) is 14.9.